The predicted molar refractivity (Wildman–Crippen MR) is 185 cm³/mol. The van der Waals surface area contributed by atoms with E-state index in [2.05, 4.69) is 26.4 Å². The van der Waals surface area contributed by atoms with E-state index in [-0.39, 0.29) is 32.0 Å². The Morgan fingerprint density at radius 1 is 0.918 bits per heavy atom. The number of ether oxygens (including phenoxy) is 2. The van der Waals surface area contributed by atoms with Gasteiger partial charge in [0.15, 0.2) is 6.29 Å². The van der Waals surface area contributed by atoms with E-state index < -0.39 is 36.4 Å². The Balaban J connectivity index is 1.80. The molecule has 266 valence electrons. The first-order valence-corrected chi connectivity index (χ1v) is 16.5. The minimum absolute atomic E-state index is 0.168. The maximum Gasteiger partial charge on any atom is 0.404 e. The minimum atomic E-state index is -1.13. The van der Waals surface area contributed by atoms with Gasteiger partial charge in [0.2, 0.25) is 11.8 Å². The van der Waals surface area contributed by atoms with Crippen LogP contribution in [0.2, 0.25) is 0 Å². The molecule has 0 aliphatic rings. The van der Waals surface area contributed by atoms with E-state index in [0.29, 0.717) is 32.6 Å². The van der Waals surface area contributed by atoms with Gasteiger partial charge in [0.25, 0.3) is 0 Å². The van der Waals surface area contributed by atoms with E-state index in [9.17, 15) is 19.2 Å². The lowest BCUT2D eigenvalue weighted by atomic mass is 10.0. The number of fused-ring (bicyclic) bond motifs is 1. The molecule has 14 nitrogen and oxygen atoms in total. The minimum Gasteiger partial charge on any atom is -0.465 e. The molecule has 2 atom stereocenters. The van der Waals surface area contributed by atoms with Gasteiger partial charge < -0.3 is 35.4 Å². The molecule has 1 aromatic heterocycles. The third-order valence-corrected chi connectivity index (χ3v) is 7.69. The van der Waals surface area contributed by atoms with Gasteiger partial charge >= 0.3 is 12.1 Å². The molecule has 3 rings (SSSR count). The number of para-hydroxylation sites is 1. The molecule has 49 heavy (non-hydrogen) atoms. The molecule has 1 heterocycles. The zero-order chi connectivity index (χ0) is 35.6. The lowest BCUT2D eigenvalue weighted by Crippen LogP contribution is -2.56. The van der Waals surface area contributed by atoms with E-state index in [0.717, 1.165) is 22.0 Å². The van der Waals surface area contributed by atoms with Gasteiger partial charge in [-0.1, -0.05) is 54.6 Å². The van der Waals surface area contributed by atoms with Gasteiger partial charge in [-0.25, -0.2) is 14.6 Å². The molecule has 0 spiro atoms. The molecule has 0 bridgehead atoms. The normalized spacial score (nSPS) is 12.4. The van der Waals surface area contributed by atoms with E-state index in [4.69, 9.17) is 14.6 Å². The monoisotopic (exact) mass is 679 g/mol. The molecular formula is C35H49N7O7. The third-order valence-electron chi connectivity index (χ3n) is 7.69. The highest BCUT2D eigenvalue weighted by molar-refractivity contribution is 5.89. The van der Waals surface area contributed by atoms with Crippen LogP contribution in [-0.4, -0.2) is 95.7 Å². The van der Waals surface area contributed by atoms with Crippen molar-refractivity contribution < 1.29 is 33.8 Å². The van der Waals surface area contributed by atoms with Crippen molar-refractivity contribution in [1.29, 1.82) is 0 Å². The number of hydrazine groups is 1. The third kappa shape index (κ3) is 13.0. The van der Waals surface area contributed by atoms with Crippen molar-refractivity contribution in [2.75, 3.05) is 33.4 Å². The molecular weight excluding hydrogens is 630 g/mol. The Bertz CT molecular complexity index is 1480. The molecule has 5 N–H and O–H groups in total. The number of nitrogens with zero attached hydrogens (tertiary/aromatic N) is 3. The maximum absolute atomic E-state index is 14.5. The fourth-order valence-electron chi connectivity index (χ4n) is 5.32. The van der Waals surface area contributed by atoms with Crippen LogP contribution in [0.15, 0.2) is 66.9 Å². The molecule has 3 aromatic rings. The first-order valence-electron chi connectivity index (χ1n) is 16.5. The summed E-state index contributed by atoms with van der Waals surface area (Å²) in [5, 5.41) is 19.1. The molecule has 0 aliphatic carbocycles. The summed E-state index contributed by atoms with van der Waals surface area (Å²) >= 11 is 0. The smallest absolute Gasteiger partial charge is 0.404 e. The molecule has 0 fully saturated rings. The number of nitrogens with one attached hydrogen (secondary N) is 4. The molecule has 0 saturated heterocycles. The Labute approximate surface area is 287 Å². The number of rotatable bonds is 20. The summed E-state index contributed by atoms with van der Waals surface area (Å²) in [5.74, 6) is -0.848. The molecule has 14 heteroatoms. The first kappa shape index (κ1) is 38.7. The van der Waals surface area contributed by atoms with Crippen molar-refractivity contribution in [3.63, 3.8) is 0 Å². The summed E-state index contributed by atoms with van der Waals surface area (Å²) in [6.07, 6.45) is 0.981. The van der Waals surface area contributed by atoms with Crippen LogP contribution in [0.1, 0.15) is 51.2 Å². The summed E-state index contributed by atoms with van der Waals surface area (Å²) in [5.41, 5.74) is 5.09. The number of hydrogen-bond donors (Lipinski definition) is 5. The summed E-state index contributed by atoms with van der Waals surface area (Å²) in [7, 11) is 1.55. The summed E-state index contributed by atoms with van der Waals surface area (Å²) in [6.45, 7) is 6.71. The van der Waals surface area contributed by atoms with Crippen LogP contribution in [0.3, 0.4) is 0 Å². The average Bonchev–Trinajstić information content (AvgIpc) is 3.08. The number of carbonyl (C=O) groups excluding carboxylic acids is 3. The highest BCUT2D eigenvalue weighted by Crippen LogP contribution is 2.22. The zero-order valence-electron chi connectivity index (χ0n) is 28.7. The first-order chi connectivity index (χ1) is 23.6. The van der Waals surface area contributed by atoms with Crippen LogP contribution in [0.5, 0.6) is 0 Å². The van der Waals surface area contributed by atoms with E-state index in [1.807, 2.05) is 81.4 Å². The summed E-state index contributed by atoms with van der Waals surface area (Å²) < 4.78 is 11.8. The second-order valence-electron chi connectivity index (χ2n) is 11.5. The van der Waals surface area contributed by atoms with E-state index >= 15 is 0 Å². The molecule has 2 aromatic carbocycles. The fourth-order valence-corrected chi connectivity index (χ4v) is 5.32. The Morgan fingerprint density at radius 2 is 1.63 bits per heavy atom. The number of carboxylic acid groups (broad SMARTS) is 1. The largest absolute Gasteiger partial charge is 0.465 e. The van der Waals surface area contributed by atoms with Crippen LogP contribution < -0.4 is 21.4 Å². The number of urea groups is 1. The van der Waals surface area contributed by atoms with E-state index in [1.165, 1.54) is 5.01 Å². The number of pyridine rings is 1. The average molecular weight is 680 g/mol. The standard InChI is InChI=1S/C35H49N7O7/c1-5-48-33(49-6-2)25(3)42(23-28-17-12-16-27-18-13-21-36-31(27)28)32(44)29(19-10-11-20-37-35(46)47)39-30(43)24-41(4)40-34(45)38-22-26-14-8-7-9-15-26/h7-9,12-18,21,25,29,33,37H,5-6,10-11,19-20,22-24H2,1-4H3,(H,39,43)(H,46,47)(H2,38,40,45)/t25-,29-/m0/s1. The van der Waals surface area contributed by atoms with Gasteiger partial charge in [0, 0.05) is 51.5 Å². The lowest BCUT2D eigenvalue weighted by molar-refractivity contribution is -0.179. The van der Waals surface area contributed by atoms with Crippen LogP contribution in [0.4, 0.5) is 9.59 Å². The summed E-state index contributed by atoms with van der Waals surface area (Å²) in [4.78, 5) is 57.4. The van der Waals surface area contributed by atoms with Gasteiger partial charge in [-0.05, 0) is 57.2 Å². The second-order valence-corrected chi connectivity index (χ2v) is 11.5. The second kappa shape index (κ2) is 20.5. The number of benzene rings is 2. The molecule has 0 saturated carbocycles. The van der Waals surface area contributed by atoms with Gasteiger partial charge in [-0.3, -0.25) is 20.0 Å². The van der Waals surface area contributed by atoms with Crippen molar-refractivity contribution >= 4 is 34.8 Å². The predicted octanol–water partition coefficient (Wildman–Crippen LogP) is 3.62. The lowest BCUT2D eigenvalue weighted by Gasteiger charge is -2.37. The van der Waals surface area contributed by atoms with Crippen molar-refractivity contribution in [2.24, 2.45) is 0 Å². The Kier molecular flexibility index (Phi) is 16.2. The number of amides is 5. The van der Waals surface area contributed by atoms with Crippen LogP contribution >= 0.6 is 0 Å². The quantitative estimate of drug-likeness (QED) is 0.0679. The van der Waals surface area contributed by atoms with Crippen LogP contribution in [0, 0.1) is 0 Å². The van der Waals surface area contributed by atoms with Gasteiger partial charge in [0.1, 0.15) is 6.04 Å². The van der Waals surface area contributed by atoms with Crippen LogP contribution in [-0.2, 0) is 32.2 Å². The van der Waals surface area contributed by atoms with Crippen molar-refractivity contribution in [3.05, 3.63) is 78.0 Å². The van der Waals surface area contributed by atoms with Crippen molar-refractivity contribution in [1.82, 2.24) is 36.3 Å². The van der Waals surface area contributed by atoms with E-state index in [1.54, 1.807) is 18.1 Å². The topological polar surface area (TPSA) is 174 Å². The van der Waals surface area contributed by atoms with Gasteiger partial charge in [-0.15, -0.1) is 0 Å². The van der Waals surface area contributed by atoms with Crippen molar-refractivity contribution in [2.45, 2.75) is 71.5 Å². The SMILES string of the molecule is CCOC(OCC)[C@H](C)N(Cc1cccc2cccnc12)C(=O)[C@H](CCCCNC(=O)O)NC(=O)CN(C)NC(=O)NCc1ccccc1. The van der Waals surface area contributed by atoms with Crippen LogP contribution in [0.25, 0.3) is 10.9 Å². The zero-order valence-corrected chi connectivity index (χ0v) is 28.7. The molecule has 5 amide bonds. The number of aromatic nitrogens is 1. The molecule has 0 radical (unpaired) electrons. The van der Waals surface area contributed by atoms with Gasteiger partial charge in [0.05, 0.1) is 18.1 Å². The highest BCUT2D eigenvalue weighted by atomic mass is 16.7. The number of likely N-dealkylation sites (N-methyl/N-ethyl adjacent to an activating group) is 1. The Morgan fingerprint density at radius 3 is 2.33 bits per heavy atom. The van der Waals surface area contributed by atoms with Crippen molar-refractivity contribution in [3.8, 4) is 0 Å². The van der Waals surface area contributed by atoms with Gasteiger partial charge in [-0.2, -0.15) is 0 Å². The Hall–Kier alpha value is -4.79. The number of hydrogen-bond acceptors (Lipinski definition) is 8. The maximum atomic E-state index is 14.5. The highest BCUT2D eigenvalue weighted by Gasteiger charge is 2.34. The molecule has 0 aliphatic heterocycles. The fraction of sp³-hybridized carbons (Fsp3) is 0.457. The molecule has 0 unspecified atom stereocenters. The summed E-state index contributed by atoms with van der Waals surface area (Å²) in [6, 6.07) is 17.0. The number of unbranched alkanes of at least 4 members (excludes halogenated alkanes) is 1. The number of carbonyl (C=O) groups is 4.